The molecule has 21 heavy (non-hydrogen) atoms. The van der Waals surface area contributed by atoms with Crippen molar-refractivity contribution in [3.8, 4) is 0 Å². The Labute approximate surface area is 128 Å². The second kappa shape index (κ2) is 6.59. The minimum absolute atomic E-state index is 0.0426. The lowest BCUT2D eigenvalue weighted by atomic mass is 10.2. The third kappa shape index (κ3) is 4.20. The summed E-state index contributed by atoms with van der Waals surface area (Å²) in [6, 6.07) is 6.15. The van der Waals surface area contributed by atoms with E-state index in [9.17, 15) is 14.4 Å². The third-order valence-corrected chi connectivity index (χ3v) is 3.83. The first-order valence-corrected chi connectivity index (χ1v) is 7.04. The first-order valence-electron chi connectivity index (χ1n) is 5.78. The number of nitrogens with one attached hydrogen (secondary N) is 2. The van der Waals surface area contributed by atoms with Gasteiger partial charge in [0.15, 0.2) is 5.17 Å². The van der Waals surface area contributed by atoms with E-state index in [0.717, 1.165) is 11.8 Å². The van der Waals surface area contributed by atoms with Gasteiger partial charge in [0.1, 0.15) is 5.25 Å². The van der Waals surface area contributed by atoms with E-state index in [1.54, 1.807) is 12.1 Å². The minimum Gasteiger partial charge on any atom is -0.480 e. The number of nitrogens with zero attached hydrogens (tertiary/aromatic N) is 1. The van der Waals surface area contributed by atoms with Gasteiger partial charge < -0.3 is 10.4 Å². The lowest BCUT2D eigenvalue weighted by Crippen LogP contribution is -2.41. The van der Waals surface area contributed by atoms with Crippen molar-refractivity contribution in [1.82, 2.24) is 10.7 Å². The smallest absolute Gasteiger partial charge is 0.317 e. The van der Waals surface area contributed by atoms with Gasteiger partial charge in [-0.05, 0) is 24.3 Å². The zero-order valence-electron chi connectivity index (χ0n) is 10.5. The number of thioether (sulfide) groups is 1. The number of rotatable bonds is 3. The van der Waals surface area contributed by atoms with Crippen LogP contribution in [0.5, 0.6) is 0 Å². The fourth-order valence-electron chi connectivity index (χ4n) is 1.50. The number of amides is 2. The van der Waals surface area contributed by atoms with Gasteiger partial charge in [-0.25, -0.2) is 5.43 Å². The monoisotopic (exact) mass is 327 g/mol. The van der Waals surface area contributed by atoms with Crippen LogP contribution in [-0.2, 0) is 9.59 Å². The SMILES string of the molecule is O=C1CC(C(=O)O)SC(=NNC(=O)c2ccc(Cl)cc2)N1. The van der Waals surface area contributed by atoms with Crippen LogP contribution in [0, 0.1) is 0 Å². The predicted octanol–water partition coefficient (Wildman–Crippen LogP) is 1.05. The maximum Gasteiger partial charge on any atom is 0.317 e. The number of carboxylic acid groups (broad SMARTS) is 1. The van der Waals surface area contributed by atoms with Crippen molar-refractivity contribution in [3.05, 3.63) is 34.9 Å². The molecule has 0 bridgehead atoms. The summed E-state index contributed by atoms with van der Waals surface area (Å²) in [6.07, 6.45) is -0.135. The molecule has 2 rings (SSSR count). The molecule has 2 amide bonds. The topological polar surface area (TPSA) is 108 Å². The summed E-state index contributed by atoms with van der Waals surface area (Å²) in [5.41, 5.74) is 2.58. The van der Waals surface area contributed by atoms with Gasteiger partial charge >= 0.3 is 5.97 Å². The fraction of sp³-hybridized carbons (Fsp3) is 0.167. The summed E-state index contributed by atoms with van der Waals surface area (Å²) in [7, 11) is 0. The summed E-state index contributed by atoms with van der Waals surface area (Å²) >= 11 is 6.58. The maximum absolute atomic E-state index is 11.8. The number of amidine groups is 1. The van der Waals surface area contributed by atoms with E-state index >= 15 is 0 Å². The summed E-state index contributed by atoms with van der Waals surface area (Å²) < 4.78 is 0. The van der Waals surface area contributed by atoms with Gasteiger partial charge in [0.2, 0.25) is 5.91 Å². The average Bonchev–Trinajstić information content (AvgIpc) is 2.45. The van der Waals surface area contributed by atoms with E-state index in [4.69, 9.17) is 16.7 Å². The molecule has 0 saturated carbocycles. The molecule has 1 aliphatic rings. The van der Waals surface area contributed by atoms with Crippen molar-refractivity contribution in [1.29, 1.82) is 0 Å². The van der Waals surface area contributed by atoms with Gasteiger partial charge in [0.05, 0.1) is 0 Å². The second-order valence-electron chi connectivity index (χ2n) is 4.06. The quantitative estimate of drug-likeness (QED) is 0.719. The molecule has 1 aromatic rings. The van der Waals surface area contributed by atoms with Crippen LogP contribution in [0.25, 0.3) is 0 Å². The third-order valence-electron chi connectivity index (χ3n) is 2.51. The van der Waals surface area contributed by atoms with E-state index in [0.29, 0.717) is 10.6 Å². The van der Waals surface area contributed by atoms with Crippen LogP contribution in [0.15, 0.2) is 29.4 Å². The van der Waals surface area contributed by atoms with Crippen LogP contribution in [-0.4, -0.2) is 33.3 Å². The summed E-state index contributed by atoms with van der Waals surface area (Å²) in [5.74, 6) is -2.06. The van der Waals surface area contributed by atoms with E-state index in [2.05, 4.69) is 15.8 Å². The largest absolute Gasteiger partial charge is 0.480 e. The molecule has 3 N–H and O–H groups in total. The second-order valence-corrected chi connectivity index (χ2v) is 5.69. The van der Waals surface area contributed by atoms with Crippen molar-refractivity contribution in [3.63, 3.8) is 0 Å². The molecule has 110 valence electrons. The summed E-state index contributed by atoms with van der Waals surface area (Å²) in [5, 5.41) is 14.6. The molecule has 1 aromatic carbocycles. The molecule has 1 unspecified atom stereocenters. The Balaban J connectivity index is 2.02. The Kier molecular flexibility index (Phi) is 4.81. The standard InChI is InChI=1S/C12H10ClN3O4S/c13-7-3-1-6(2-4-7)10(18)15-16-12-14-9(17)5-8(21-12)11(19)20/h1-4,8H,5H2,(H,15,18)(H,19,20)(H,14,16,17). The highest BCUT2D eigenvalue weighted by atomic mass is 35.5. The lowest BCUT2D eigenvalue weighted by Gasteiger charge is -2.19. The molecule has 9 heteroatoms. The zero-order valence-corrected chi connectivity index (χ0v) is 12.1. The maximum atomic E-state index is 11.8. The molecule has 1 heterocycles. The Morgan fingerprint density at radius 3 is 2.67 bits per heavy atom. The number of carbonyl (C=O) groups excluding carboxylic acids is 2. The number of hydrogen-bond donors (Lipinski definition) is 3. The summed E-state index contributed by atoms with van der Waals surface area (Å²) in [4.78, 5) is 34.0. The van der Waals surface area contributed by atoms with Crippen molar-refractivity contribution in [2.45, 2.75) is 11.7 Å². The predicted molar refractivity (Wildman–Crippen MR) is 78.1 cm³/mol. The summed E-state index contributed by atoms with van der Waals surface area (Å²) in [6.45, 7) is 0. The van der Waals surface area contributed by atoms with Crippen LogP contribution in [0.4, 0.5) is 0 Å². The molecule has 1 atom stereocenters. The van der Waals surface area contributed by atoms with Gasteiger partial charge in [0.25, 0.3) is 5.91 Å². The van der Waals surface area contributed by atoms with Crippen molar-refractivity contribution in [2.75, 3.05) is 0 Å². The van der Waals surface area contributed by atoms with Crippen LogP contribution in [0.1, 0.15) is 16.8 Å². The molecular formula is C12H10ClN3O4S. The van der Waals surface area contributed by atoms with Crippen molar-refractivity contribution in [2.24, 2.45) is 5.10 Å². The average molecular weight is 328 g/mol. The van der Waals surface area contributed by atoms with Gasteiger partial charge in [-0.15, -0.1) is 5.10 Å². The van der Waals surface area contributed by atoms with Gasteiger partial charge in [0, 0.05) is 17.0 Å². The first-order chi connectivity index (χ1) is 9.95. The molecule has 0 spiro atoms. The number of halogens is 1. The molecule has 1 saturated heterocycles. The number of carbonyl (C=O) groups is 3. The van der Waals surface area contributed by atoms with Gasteiger partial charge in [-0.3, -0.25) is 14.4 Å². The van der Waals surface area contributed by atoms with E-state index < -0.39 is 23.0 Å². The number of hydrazone groups is 1. The van der Waals surface area contributed by atoms with Crippen LogP contribution >= 0.6 is 23.4 Å². The molecule has 0 aromatic heterocycles. The van der Waals surface area contributed by atoms with Gasteiger partial charge in [-0.2, -0.15) is 0 Å². The van der Waals surface area contributed by atoms with Crippen molar-refractivity contribution >= 4 is 46.3 Å². The van der Waals surface area contributed by atoms with Crippen molar-refractivity contribution < 1.29 is 19.5 Å². The zero-order chi connectivity index (χ0) is 15.4. The van der Waals surface area contributed by atoms with E-state index in [1.807, 2.05) is 0 Å². The molecule has 1 fully saturated rings. The highest BCUT2D eigenvalue weighted by Crippen LogP contribution is 2.20. The fourth-order valence-corrected chi connectivity index (χ4v) is 2.51. The Bertz CT molecular complexity index is 617. The highest BCUT2D eigenvalue weighted by Gasteiger charge is 2.30. The molecule has 7 nitrogen and oxygen atoms in total. The van der Waals surface area contributed by atoms with E-state index in [-0.39, 0.29) is 11.6 Å². The first kappa shape index (κ1) is 15.3. The Hall–Kier alpha value is -2.06. The van der Waals surface area contributed by atoms with Crippen LogP contribution < -0.4 is 10.7 Å². The molecule has 0 radical (unpaired) electrons. The van der Waals surface area contributed by atoms with Crippen LogP contribution in [0.3, 0.4) is 0 Å². The number of carboxylic acids is 1. The number of benzene rings is 1. The van der Waals surface area contributed by atoms with Gasteiger partial charge in [-0.1, -0.05) is 23.4 Å². The molecular weight excluding hydrogens is 318 g/mol. The normalized spacial score (nSPS) is 20.0. The number of aliphatic carboxylic acids is 1. The molecule has 0 aliphatic carbocycles. The lowest BCUT2D eigenvalue weighted by molar-refractivity contribution is -0.138. The van der Waals surface area contributed by atoms with Crippen LogP contribution in [0.2, 0.25) is 5.02 Å². The van der Waals surface area contributed by atoms with E-state index in [1.165, 1.54) is 12.1 Å². The Morgan fingerprint density at radius 2 is 2.05 bits per heavy atom. The Morgan fingerprint density at radius 1 is 1.38 bits per heavy atom. The minimum atomic E-state index is -1.11. The number of hydrogen-bond acceptors (Lipinski definition) is 5. The highest BCUT2D eigenvalue weighted by molar-refractivity contribution is 8.15. The molecule has 1 aliphatic heterocycles.